The van der Waals surface area contributed by atoms with E-state index in [1.54, 1.807) is 14.2 Å². The molecule has 2 aliphatic rings. The Morgan fingerprint density at radius 2 is 1.90 bits per heavy atom. The van der Waals surface area contributed by atoms with Crippen molar-refractivity contribution in [2.24, 2.45) is 0 Å². The van der Waals surface area contributed by atoms with Crippen LogP contribution in [0, 0.1) is 6.92 Å². The highest BCUT2D eigenvalue weighted by Gasteiger charge is 2.33. The highest BCUT2D eigenvalue weighted by atomic mass is 32.1. The molecule has 2 fully saturated rings. The first kappa shape index (κ1) is 15.4. The van der Waals surface area contributed by atoms with Crippen molar-refractivity contribution in [1.29, 1.82) is 0 Å². The molecule has 0 aromatic carbocycles. The van der Waals surface area contributed by atoms with E-state index in [1.165, 1.54) is 28.2 Å². The van der Waals surface area contributed by atoms with Crippen molar-refractivity contribution >= 4 is 11.3 Å². The standard InChI is InChI=1S/C16H26N2O2S/c1-11-12(6-14(21-11)7-17-13-4-5-13)8-18-9-15(19-2)16(10-18)20-3/h6,13,15-17H,4-5,7-10H2,1-3H3. The highest BCUT2D eigenvalue weighted by Crippen LogP contribution is 2.26. The second kappa shape index (κ2) is 6.75. The number of aryl methyl sites for hydroxylation is 1. The van der Waals surface area contributed by atoms with E-state index >= 15 is 0 Å². The molecule has 0 amide bonds. The molecule has 0 radical (unpaired) electrons. The van der Waals surface area contributed by atoms with Crippen LogP contribution in [0.2, 0.25) is 0 Å². The molecule has 1 aromatic rings. The number of ether oxygens (including phenoxy) is 2. The first-order chi connectivity index (χ1) is 10.2. The van der Waals surface area contributed by atoms with Crippen LogP contribution in [0.5, 0.6) is 0 Å². The van der Waals surface area contributed by atoms with Gasteiger partial charge in [-0.2, -0.15) is 0 Å². The molecule has 1 saturated heterocycles. The number of methoxy groups -OCH3 is 2. The molecular weight excluding hydrogens is 284 g/mol. The van der Waals surface area contributed by atoms with Gasteiger partial charge in [0.1, 0.15) is 0 Å². The number of nitrogens with zero attached hydrogens (tertiary/aromatic N) is 1. The zero-order chi connectivity index (χ0) is 14.8. The van der Waals surface area contributed by atoms with Gasteiger partial charge in [0.2, 0.25) is 0 Å². The molecule has 1 aliphatic heterocycles. The largest absolute Gasteiger partial charge is 0.377 e. The Morgan fingerprint density at radius 3 is 2.48 bits per heavy atom. The average molecular weight is 310 g/mol. The summed E-state index contributed by atoms with van der Waals surface area (Å²) in [5, 5.41) is 3.60. The maximum Gasteiger partial charge on any atom is 0.0971 e. The third kappa shape index (κ3) is 3.85. The summed E-state index contributed by atoms with van der Waals surface area (Å²) in [5.41, 5.74) is 1.46. The van der Waals surface area contributed by atoms with Crippen molar-refractivity contribution in [2.45, 2.75) is 51.1 Å². The molecule has 0 spiro atoms. The van der Waals surface area contributed by atoms with Gasteiger partial charge in [-0.15, -0.1) is 11.3 Å². The number of hydrogen-bond donors (Lipinski definition) is 1. The Morgan fingerprint density at radius 1 is 1.24 bits per heavy atom. The summed E-state index contributed by atoms with van der Waals surface area (Å²) in [7, 11) is 3.55. The molecule has 1 aromatic heterocycles. The second-order valence-electron chi connectivity index (χ2n) is 6.19. The van der Waals surface area contributed by atoms with Crippen LogP contribution in [0.15, 0.2) is 6.07 Å². The minimum Gasteiger partial charge on any atom is -0.377 e. The summed E-state index contributed by atoms with van der Waals surface area (Å²) >= 11 is 1.93. The molecule has 4 nitrogen and oxygen atoms in total. The molecule has 3 rings (SSSR count). The Kier molecular flexibility index (Phi) is 4.96. The third-order valence-electron chi connectivity index (χ3n) is 4.50. The summed E-state index contributed by atoms with van der Waals surface area (Å²) in [5.74, 6) is 0. The van der Waals surface area contributed by atoms with Crippen molar-refractivity contribution in [2.75, 3.05) is 27.3 Å². The van der Waals surface area contributed by atoms with Crippen LogP contribution >= 0.6 is 11.3 Å². The molecular formula is C16H26N2O2S. The van der Waals surface area contributed by atoms with Crippen LogP contribution < -0.4 is 5.32 Å². The predicted molar refractivity (Wildman–Crippen MR) is 85.8 cm³/mol. The molecule has 118 valence electrons. The molecule has 0 bridgehead atoms. The van der Waals surface area contributed by atoms with Crippen molar-refractivity contribution in [1.82, 2.24) is 10.2 Å². The van der Waals surface area contributed by atoms with Gasteiger partial charge in [0.05, 0.1) is 12.2 Å². The molecule has 2 unspecified atom stereocenters. The summed E-state index contributed by atoms with van der Waals surface area (Å²) < 4.78 is 11.0. The quantitative estimate of drug-likeness (QED) is 0.837. The predicted octanol–water partition coefficient (Wildman–Crippen LogP) is 2.15. The van der Waals surface area contributed by atoms with Crippen LogP contribution in [-0.2, 0) is 22.6 Å². The van der Waals surface area contributed by atoms with Crippen LogP contribution in [-0.4, -0.2) is 50.5 Å². The number of likely N-dealkylation sites (tertiary alicyclic amines) is 1. The van der Waals surface area contributed by atoms with Gasteiger partial charge in [-0.1, -0.05) is 0 Å². The fraction of sp³-hybridized carbons (Fsp3) is 0.750. The van der Waals surface area contributed by atoms with E-state index in [1.807, 2.05) is 11.3 Å². The number of nitrogens with one attached hydrogen (secondary N) is 1. The lowest BCUT2D eigenvalue weighted by molar-refractivity contribution is -0.00461. The monoisotopic (exact) mass is 310 g/mol. The lowest BCUT2D eigenvalue weighted by Gasteiger charge is -2.14. The number of rotatable bonds is 7. The maximum atomic E-state index is 5.52. The van der Waals surface area contributed by atoms with Gasteiger partial charge in [-0.3, -0.25) is 4.90 Å². The van der Waals surface area contributed by atoms with E-state index in [9.17, 15) is 0 Å². The minimum atomic E-state index is 0.199. The van der Waals surface area contributed by atoms with E-state index in [0.717, 1.165) is 32.2 Å². The van der Waals surface area contributed by atoms with Gasteiger partial charge in [0, 0.05) is 56.2 Å². The topological polar surface area (TPSA) is 33.7 Å². The smallest absolute Gasteiger partial charge is 0.0971 e. The molecule has 1 aliphatic carbocycles. The van der Waals surface area contributed by atoms with Gasteiger partial charge < -0.3 is 14.8 Å². The first-order valence-electron chi connectivity index (χ1n) is 7.79. The van der Waals surface area contributed by atoms with E-state index in [-0.39, 0.29) is 12.2 Å². The van der Waals surface area contributed by atoms with Crippen LogP contribution in [0.4, 0.5) is 0 Å². The van der Waals surface area contributed by atoms with Gasteiger partial charge in [0.25, 0.3) is 0 Å². The second-order valence-corrected chi connectivity index (χ2v) is 7.53. The molecule has 1 saturated carbocycles. The Balaban J connectivity index is 1.56. The molecule has 2 atom stereocenters. The van der Waals surface area contributed by atoms with Crippen LogP contribution in [0.3, 0.4) is 0 Å². The zero-order valence-electron chi connectivity index (χ0n) is 13.2. The van der Waals surface area contributed by atoms with Crippen LogP contribution in [0.25, 0.3) is 0 Å². The summed E-state index contributed by atoms with van der Waals surface area (Å²) in [6.07, 6.45) is 3.10. The van der Waals surface area contributed by atoms with E-state index < -0.39 is 0 Å². The summed E-state index contributed by atoms with van der Waals surface area (Å²) in [4.78, 5) is 5.34. The SMILES string of the molecule is COC1CN(Cc2cc(CNC3CC3)sc2C)CC1OC. The molecule has 21 heavy (non-hydrogen) atoms. The Labute approximate surface area is 131 Å². The maximum absolute atomic E-state index is 5.52. The zero-order valence-corrected chi connectivity index (χ0v) is 14.0. The van der Waals surface area contributed by atoms with Crippen molar-refractivity contribution in [3.63, 3.8) is 0 Å². The van der Waals surface area contributed by atoms with Crippen molar-refractivity contribution < 1.29 is 9.47 Å². The third-order valence-corrected chi connectivity index (χ3v) is 5.60. The summed E-state index contributed by atoms with van der Waals surface area (Å²) in [6, 6.07) is 3.15. The van der Waals surface area contributed by atoms with Crippen molar-refractivity contribution in [3.05, 3.63) is 21.4 Å². The van der Waals surface area contributed by atoms with Gasteiger partial charge >= 0.3 is 0 Å². The van der Waals surface area contributed by atoms with Gasteiger partial charge in [0.15, 0.2) is 0 Å². The Hall–Kier alpha value is -0.460. The number of hydrogen-bond acceptors (Lipinski definition) is 5. The van der Waals surface area contributed by atoms with Crippen LogP contribution in [0.1, 0.15) is 28.2 Å². The molecule has 1 N–H and O–H groups in total. The first-order valence-corrected chi connectivity index (χ1v) is 8.60. The van der Waals surface area contributed by atoms with Gasteiger partial charge in [-0.05, 0) is 31.4 Å². The highest BCUT2D eigenvalue weighted by molar-refractivity contribution is 7.12. The van der Waals surface area contributed by atoms with Gasteiger partial charge in [-0.25, -0.2) is 0 Å². The fourth-order valence-electron chi connectivity index (χ4n) is 3.01. The summed E-state index contributed by atoms with van der Waals surface area (Å²) in [6.45, 7) is 6.18. The van der Waals surface area contributed by atoms with E-state index in [2.05, 4.69) is 23.2 Å². The van der Waals surface area contributed by atoms with E-state index in [0.29, 0.717) is 0 Å². The average Bonchev–Trinajstić information content (AvgIpc) is 3.13. The lowest BCUT2D eigenvalue weighted by Crippen LogP contribution is -2.27. The number of thiophene rings is 1. The normalized spacial score (nSPS) is 26.6. The fourth-order valence-corrected chi connectivity index (χ4v) is 4.01. The lowest BCUT2D eigenvalue weighted by atomic mass is 10.2. The van der Waals surface area contributed by atoms with Crippen molar-refractivity contribution in [3.8, 4) is 0 Å². The minimum absolute atomic E-state index is 0.199. The molecule has 5 heteroatoms. The van der Waals surface area contributed by atoms with E-state index in [4.69, 9.17) is 9.47 Å². The Bertz CT molecular complexity index is 461. The molecule has 2 heterocycles.